The topological polar surface area (TPSA) is 90.1 Å². The molecule has 0 fully saturated rings. The Morgan fingerprint density at radius 1 is 1.25 bits per heavy atom. The fourth-order valence-corrected chi connectivity index (χ4v) is 1.72. The molecule has 1 aromatic heterocycles. The van der Waals surface area contributed by atoms with Gasteiger partial charge in [0.2, 0.25) is 5.91 Å². The predicted octanol–water partition coefficient (Wildman–Crippen LogP) is 1.01. The van der Waals surface area contributed by atoms with Crippen molar-refractivity contribution in [3.63, 3.8) is 0 Å². The number of hydrazone groups is 1. The van der Waals surface area contributed by atoms with E-state index in [2.05, 4.69) is 20.7 Å². The predicted molar refractivity (Wildman–Crippen MR) is 76.8 cm³/mol. The molecule has 0 radical (unpaired) electrons. The van der Waals surface area contributed by atoms with Gasteiger partial charge in [0.15, 0.2) is 0 Å². The zero-order valence-corrected chi connectivity index (χ0v) is 11.4. The van der Waals surface area contributed by atoms with Crippen molar-refractivity contribution in [2.45, 2.75) is 20.3 Å². The van der Waals surface area contributed by atoms with Crippen molar-refractivity contribution < 1.29 is 4.79 Å². The maximum atomic E-state index is 11.7. The summed E-state index contributed by atoms with van der Waals surface area (Å²) in [6.07, 6.45) is 1.56. The average molecular weight is 272 g/mol. The monoisotopic (exact) mass is 272 g/mol. The van der Waals surface area contributed by atoms with E-state index in [4.69, 9.17) is 0 Å². The second-order valence-corrected chi connectivity index (χ2v) is 4.56. The molecule has 0 aliphatic carbocycles. The van der Waals surface area contributed by atoms with E-state index in [0.717, 1.165) is 11.1 Å². The molecule has 1 aromatic carbocycles. The molecule has 0 aliphatic heterocycles. The van der Waals surface area contributed by atoms with Gasteiger partial charge in [0.1, 0.15) is 0 Å². The first-order chi connectivity index (χ1) is 9.56. The molecule has 0 unspecified atom stereocenters. The lowest BCUT2D eigenvalue weighted by Crippen LogP contribution is -2.23. The van der Waals surface area contributed by atoms with Crippen LogP contribution in [-0.4, -0.2) is 22.3 Å². The first-order valence-electron chi connectivity index (χ1n) is 6.21. The number of rotatable bonds is 4. The SMILES string of the molecule is Cc1ccc(C=NNC(=O)Cc2c(C)[nH][nH]c2=O)cc1. The number of benzene rings is 1. The van der Waals surface area contributed by atoms with Crippen LogP contribution in [-0.2, 0) is 11.2 Å². The lowest BCUT2D eigenvalue weighted by molar-refractivity contribution is -0.120. The van der Waals surface area contributed by atoms with Crippen LogP contribution >= 0.6 is 0 Å². The van der Waals surface area contributed by atoms with Crippen molar-refractivity contribution in [1.82, 2.24) is 15.6 Å². The highest BCUT2D eigenvalue weighted by Gasteiger charge is 2.10. The Hall–Kier alpha value is -2.63. The Morgan fingerprint density at radius 3 is 2.55 bits per heavy atom. The molecule has 0 bridgehead atoms. The van der Waals surface area contributed by atoms with Gasteiger partial charge in [0.25, 0.3) is 5.56 Å². The number of nitrogens with one attached hydrogen (secondary N) is 3. The first kappa shape index (κ1) is 13.8. The summed E-state index contributed by atoms with van der Waals surface area (Å²) in [5, 5.41) is 8.97. The Balaban J connectivity index is 1.92. The standard InChI is InChI=1S/C14H16N4O2/c1-9-3-5-11(6-4-9)8-15-17-13(19)7-12-10(2)16-18-14(12)20/h3-6,8H,7H2,1-2H3,(H,17,19)(H2,16,18,20). The summed E-state index contributed by atoms with van der Waals surface area (Å²) in [4.78, 5) is 23.1. The Bertz CT molecular complexity index is 680. The van der Waals surface area contributed by atoms with Gasteiger partial charge < -0.3 is 5.10 Å². The molecule has 0 aliphatic rings. The molecule has 0 spiro atoms. The fourth-order valence-electron chi connectivity index (χ4n) is 1.72. The third-order valence-corrected chi connectivity index (χ3v) is 2.91. The third-order valence-electron chi connectivity index (χ3n) is 2.91. The Morgan fingerprint density at radius 2 is 1.95 bits per heavy atom. The number of aromatic nitrogens is 2. The van der Waals surface area contributed by atoms with Crippen LogP contribution in [0.5, 0.6) is 0 Å². The fraction of sp³-hybridized carbons (Fsp3) is 0.214. The van der Waals surface area contributed by atoms with Crippen molar-refractivity contribution in [1.29, 1.82) is 0 Å². The number of aryl methyl sites for hydroxylation is 2. The highest BCUT2D eigenvalue weighted by Crippen LogP contribution is 2.00. The maximum absolute atomic E-state index is 11.7. The largest absolute Gasteiger partial charge is 0.302 e. The number of carbonyl (C=O) groups excluding carboxylic acids is 1. The van der Waals surface area contributed by atoms with E-state index in [-0.39, 0.29) is 17.9 Å². The van der Waals surface area contributed by atoms with E-state index in [1.807, 2.05) is 31.2 Å². The summed E-state index contributed by atoms with van der Waals surface area (Å²) in [6.45, 7) is 3.73. The van der Waals surface area contributed by atoms with Crippen LogP contribution in [0.1, 0.15) is 22.4 Å². The zero-order chi connectivity index (χ0) is 14.5. The maximum Gasteiger partial charge on any atom is 0.267 e. The van der Waals surface area contributed by atoms with Gasteiger partial charge in [-0.05, 0) is 19.4 Å². The number of nitrogens with zero attached hydrogens (tertiary/aromatic N) is 1. The second-order valence-electron chi connectivity index (χ2n) is 4.56. The van der Waals surface area contributed by atoms with Crippen molar-refractivity contribution in [2.75, 3.05) is 0 Å². The molecule has 1 heterocycles. The lowest BCUT2D eigenvalue weighted by atomic mass is 10.2. The minimum atomic E-state index is -0.332. The van der Waals surface area contributed by atoms with Crippen molar-refractivity contribution >= 4 is 12.1 Å². The molecule has 1 amide bonds. The third kappa shape index (κ3) is 3.44. The quantitative estimate of drug-likeness (QED) is 0.572. The van der Waals surface area contributed by atoms with Crippen LogP contribution in [0.4, 0.5) is 0 Å². The van der Waals surface area contributed by atoms with Crippen LogP contribution in [0.25, 0.3) is 0 Å². The van der Waals surface area contributed by atoms with Crippen LogP contribution in [0.2, 0.25) is 0 Å². The van der Waals surface area contributed by atoms with Gasteiger partial charge in [-0.1, -0.05) is 29.8 Å². The van der Waals surface area contributed by atoms with Gasteiger partial charge in [-0.15, -0.1) is 0 Å². The number of H-pyrrole nitrogens is 2. The van der Waals surface area contributed by atoms with Crippen molar-refractivity contribution in [2.24, 2.45) is 5.10 Å². The molecule has 104 valence electrons. The number of hydrogen-bond acceptors (Lipinski definition) is 3. The van der Waals surface area contributed by atoms with E-state index >= 15 is 0 Å². The van der Waals surface area contributed by atoms with Gasteiger partial charge in [-0.3, -0.25) is 14.7 Å². The molecule has 0 atom stereocenters. The smallest absolute Gasteiger partial charge is 0.267 e. The molecule has 2 aromatic rings. The van der Waals surface area contributed by atoms with E-state index in [1.165, 1.54) is 0 Å². The highest BCUT2D eigenvalue weighted by atomic mass is 16.2. The van der Waals surface area contributed by atoms with Gasteiger partial charge in [-0.25, -0.2) is 5.43 Å². The van der Waals surface area contributed by atoms with Crippen molar-refractivity contribution in [3.05, 3.63) is 57.0 Å². The Kier molecular flexibility index (Phi) is 4.14. The lowest BCUT2D eigenvalue weighted by Gasteiger charge is -1.98. The van der Waals surface area contributed by atoms with Crippen LogP contribution in [0.15, 0.2) is 34.2 Å². The van der Waals surface area contributed by atoms with Gasteiger partial charge in [-0.2, -0.15) is 5.10 Å². The summed E-state index contributed by atoms with van der Waals surface area (Å²) >= 11 is 0. The number of carbonyl (C=O) groups is 1. The molecule has 6 heteroatoms. The normalized spacial score (nSPS) is 10.9. The summed E-state index contributed by atoms with van der Waals surface area (Å²) < 4.78 is 0. The zero-order valence-electron chi connectivity index (χ0n) is 11.4. The molecule has 20 heavy (non-hydrogen) atoms. The summed E-state index contributed by atoms with van der Waals surface area (Å²) in [7, 11) is 0. The second kappa shape index (κ2) is 6.01. The molecular formula is C14H16N4O2. The van der Waals surface area contributed by atoms with Crippen LogP contribution in [0.3, 0.4) is 0 Å². The Labute approximate surface area is 115 Å². The van der Waals surface area contributed by atoms with E-state index in [9.17, 15) is 9.59 Å². The van der Waals surface area contributed by atoms with Gasteiger partial charge in [0, 0.05) is 11.3 Å². The minimum Gasteiger partial charge on any atom is -0.302 e. The van der Waals surface area contributed by atoms with Gasteiger partial charge >= 0.3 is 0 Å². The van der Waals surface area contributed by atoms with E-state index in [0.29, 0.717) is 11.3 Å². The molecule has 0 saturated carbocycles. The van der Waals surface area contributed by atoms with Crippen molar-refractivity contribution in [3.8, 4) is 0 Å². The van der Waals surface area contributed by atoms with Gasteiger partial charge in [0.05, 0.1) is 12.6 Å². The first-order valence-corrected chi connectivity index (χ1v) is 6.21. The minimum absolute atomic E-state index is 0.00406. The number of aromatic amines is 2. The summed E-state index contributed by atoms with van der Waals surface area (Å²) in [5.41, 5.74) is 5.26. The average Bonchev–Trinajstić information content (AvgIpc) is 2.73. The van der Waals surface area contributed by atoms with Crippen LogP contribution < -0.4 is 11.0 Å². The number of amides is 1. The summed E-state index contributed by atoms with van der Waals surface area (Å²) in [5.74, 6) is -0.332. The highest BCUT2D eigenvalue weighted by molar-refractivity contribution is 5.83. The van der Waals surface area contributed by atoms with E-state index in [1.54, 1.807) is 13.1 Å². The molecular weight excluding hydrogens is 256 g/mol. The molecule has 2 rings (SSSR count). The molecule has 0 saturated heterocycles. The summed E-state index contributed by atoms with van der Waals surface area (Å²) in [6, 6.07) is 7.75. The molecule has 6 nitrogen and oxygen atoms in total. The van der Waals surface area contributed by atoms with Crippen LogP contribution in [0, 0.1) is 13.8 Å². The number of hydrogen-bond donors (Lipinski definition) is 3. The molecule has 3 N–H and O–H groups in total. The van der Waals surface area contributed by atoms with E-state index < -0.39 is 0 Å².